The largest absolute Gasteiger partial charge is 0.339 e. The SMILES string of the molecule is CC1CC(C)C(C)N(CC(=O)N2CCNCC2)C1. The van der Waals surface area contributed by atoms with Crippen LogP contribution >= 0.6 is 0 Å². The second-order valence-electron chi connectivity index (χ2n) is 6.12. The maximum Gasteiger partial charge on any atom is 0.236 e. The molecule has 2 fully saturated rings. The van der Waals surface area contributed by atoms with Crippen LogP contribution in [0.3, 0.4) is 0 Å². The molecule has 3 unspecified atom stereocenters. The highest BCUT2D eigenvalue weighted by molar-refractivity contribution is 5.78. The molecule has 18 heavy (non-hydrogen) atoms. The molecule has 0 aromatic rings. The van der Waals surface area contributed by atoms with Crippen molar-refractivity contribution in [1.29, 1.82) is 0 Å². The van der Waals surface area contributed by atoms with E-state index in [-0.39, 0.29) is 0 Å². The Morgan fingerprint density at radius 3 is 2.56 bits per heavy atom. The number of carbonyl (C=O) groups excluding carboxylic acids is 1. The summed E-state index contributed by atoms with van der Waals surface area (Å²) in [6.07, 6.45) is 1.29. The highest BCUT2D eigenvalue weighted by Crippen LogP contribution is 2.26. The van der Waals surface area contributed by atoms with Crippen LogP contribution in [0, 0.1) is 11.8 Å². The van der Waals surface area contributed by atoms with Crippen molar-refractivity contribution >= 4 is 5.91 Å². The van der Waals surface area contributed by atoms with Crippen molar-refractivity contribution in [3.63, 3.8) is 0 Å². The van der Waals surface area contributed by atoms with E-state index in [0.29, 0.717) is 30.3 Å². The Morgan fingerprint density at radius 2 is 1.89 bits per heavy atom. The number of amides is 1. The summed E-state index contributed by atoms with van der Waals surface area (Å²) in [5, 5.41) is 3.29. The molecule has 0 aliphatic carbocycles. The lowest BCUT2D eigenvalue weighted by Crippen LogP contribution is -2.53. The molecule has 0 spiro atoms. The fraction of sp³-hybridized carbons (Fsp3) is 0.929. The zero-order valence-corrected chi connectivity index (χ0v) is 12.0. The first-order valence-corrected chi connectivity index (χ1v) is 7.30. The van der Waals surface area contributed by atoms with Gasteiger partial charge < -0.3 is 10.2 Å². The minimum absolute atomic E-state index is 0.310. The predicted molar refractivity (Wildman–Crippen MR) is 73.4 cm³/mol. The number of hydrogen-bond acceptors (Lipinski definition) is 3. The molecule has 0 aromatic carbocycles. The number of rotatable bonds is 2. The molecule has 2 rings (SSSR count). The van der Waals surface area contributed by atoms with Crippen LogP contribution in [0.1, 0.15) is 27.2 Å². The molecular formula is C14H27N3O. The topological polar surface area (TPSA) is 35.6 Å². The van der Waals surface area contributed by atoms with Gasteiger partial charge in [-0.2, -0.15) is 0 Å². The van der Waals surface area contributed by atoms with E-state index in [1.54, 1.807) is 0 Å². The Bertz CT molecular complexity index is 289. The summed E-state index contributed by atoms with van der Waals surface area (Å²) in [6, 6.07) is 0.535. The number of piperidine rings is 1. The van der Waals surface area contributed by atoms with Crippen molar-refractivity contribution in [3.05, 3.63) is 0 Å². The van der Waals surface area contributed by atoms with Gasteiger partial charge in [0.05, 0.1) is 6.54 Å². The van der Waals surface area contributed by atoms with E-state index < -0.39 is 0 Å². The highest BCUT2D eigenvalue weighted by Gasteiger charge is 2.30. The van der Waals surface area contributed by atoms with Crippen LogP contribution in [0.2, 0.25) is 0 Å². The quantitative estimate of drug-likeness (QED) is 0.790. The van der Waals surface area contributed by atoms with Crippen molar-refractivity contribution in [2.75, 3.05) is 39.3 Å². The van der Waals surface area contributed by atoms with Crippen LogP contribution in [-0.4, -0.2) is 61.0 Å². The van der Waals surface area contributed by atoms with Crippen LogP contribution in [0.5, 0.6) is 0 Å². The fourth-order valence-corrected chi connectivity index (χ4v) is 3.23. The molecule has 0 bridgehead atoms. The summed E-state index contributed by atoms with van der Waals surface area (Å²) in [4.78, 5) is 16.7. The van der Waals surface area contributed by atoms with Crippen molar-refractivity contribution < 1.29 is 4.79 Å². The van der Waals surface area contributed by atoms with Gasteiger partial charge in [0.15, 0.2) is 0 Å². The summed E-state index contributed by atoms with van der Waals surface area (Å²) >= 11 is 0. The van der Waals surface area contributed by atoms with Crippen LogP contribution in [0.25, 0.3) is 0 Å². The predicted octanol–water partition coefficient (Wildman–Crippen LogP) is 0.785. The number of nitrogens with zero attached hydrogens (tertiary/aromatic N) is 2. The molecule has 104 valence electrons. The van der Waals surface area contributed by atoms with E-state index in [2.05, 4.69) is 31.0 Å². The summed E-state index contributed by atoms with van der Waals surface area (Å²) in [7, 11) is 0. The van der Waals surface area contributed by atoms with E-state index in [1.807, 2.05) is 4.90 Å². The number of nitrogens with one attached hydrogen (secondary N) is 1. The third kappa shape index (κ3) is 3.23. The van der Waals surface area contributed by atoms with Crippen LogP contribution in [0.15, 0.2) is 0 Å². The zero-order chi connectivity index (χ0) is 13.1. The first-order valence-electron chi connectivity index (χ1n) is 7.30. The smallest absolute Gasteiger partial charge is 0.236 e. The number of piperazine rings is 1. The van der Waals surface area contributed by atoms with E-state index in [0.717, 1.165) is 32.7 Å². The Labute approximate surface area is 111 Å². The lowest BCUT2D eigenvalue weighted by atomic mass is 9.86. The maximum atomic E-state index is 12.3. The summed E-state index contributed by atoms with van der Waals surface area (Å²) in [6.45, 7) is 12.2. The Morgan fingerprint density at radius 1 is 1.22 bits per heavy atom. The van der Waals surface area contributed by atoms with Gasteiger partial charge in [-0.15, -0.1) is 0 Å². The number of hydrogen-bond donors (Lipinski definition) is 1. The molecular weight excluding hydrogens is 226 g/mol. The highest BCUT2D eigenvalue weighted by atomic mass is 16.2. The van der Waals surface area contributed by atoms with Gasteiger partial charge in [0, 0.05) is 38.8 Å². The lowest BCUT2D eigenvalue weighted by Gasteiger charge is -2.41. The van der Waals surface area contributed by atoms with Gasteiger partial charge in [-0.3, -0.25) is 9.69 Å². The average molecular weight is 253 g/mol. The Balaban J connectivity index is 1.88. The normalized spacial score (nSPS) is 34.6. The van der Waals surface area contributed by atoms with E-state index >= 15 is 0 Å². The van der Waals surface area contributed by atoms with Crippen molar-refractivity contribution in [2.45, 2.75) is 33.2 Å². The van der Waals surface area contributed by atoms with E-state index in [1.165, 1.54) is 6.42 Å². The molecule has 2 heterocycles. The molecule has 4 nitrogen and oxygen atoms in total. The van der Waals surface area contributed by atoms with E-state index in [4.69, 9.17) is 0 Å². The average Bonchev–Trinajstić information content (AvgIpc) is 2.36. The summed E-state index contributed by atoms with van der Waals surface area (Å²) in [5.41, 5.74) is 0. The Kier molecular flexibility index (Phi) is 4.62. The first-order chi connectivity index (χ1) is 8.58. The minimum atomic E-state index is 0.310. The molecule has 1 amide bonds. The molecule has 0 aromatic heterocycles. The van der Waals surface area contributed by atoms with Gasteiger partial charge in [-0.25, -0.2) is 0 Å². The molecule has 4 heteroatoms. The molecule has 0 saturated carbocycles. The monoisotopic (exact) mass is 253 g/mol. The maximum absolute atomic E-state index is 12.3. The summed E-state index contributed by atoms with van der Waals surface area (Å²) in [5.74, 6) is 1.72. The third-order valence-corrected chi connectivity index (χ3v) is 4.53. The third-order valence-electron chi connectivity index (χ3n) is 4.53. The van der Waals surface area contributed by atoms with Crippen LogP contribution < -0.4 is 5.32 Å². The molecule has 2 aliphatic rings. The first kappa shape index (κ1) is 13.8. The lowest BCUT2D eigenvalue weighted by molar-refractivity contribution is -0.134. The van der Waals surface area contributed by atoms with Crippen molar-refractivity contribution in [1.82, 2.24) is 15.1 Å². The van der Waals surface area contributed by atoms with Gasteiger partial charge in [0.1, 0.15) is 0 Å². The van der Waals surface area contributed by atoms with Gasteiger partial charge in [-0.05, 0) is 25.2 Å². The molecule has 2 saturated heterocycles. The summed E-state index contributed by atoms with van der Waals surface area (Å²) < 4.78 is 0. The Hall–Kier alpha value is -0.610. The van der Waals surface area contributed by atoms with Gasteiger partial charge >= 0.3 is 0 Å². The fourth-order valence-electron chi connectivity index (χ4n) is 3.23. The van der Waals surface area contributed by atoms with E-state index in [9.17, 15) is 4.79 Å². The molecule has 0 radical (unpaired) electrons. The van der Waals surface area contributed by atoms with Crippen molar-refractivity contribution in [2.24, 2.45) is 11.8 Å². The number of carbonyl (C=O) groups is 1. The van der Waals surface area contributed by atoms with Crippen LogP contribution in [-0.2, 0) is 4.79 Å². The standard InChI is InChI=1S/C14H27N3O/c1-11-8-12(2)13(3)17(9-11)10-14(18)16-6-4-15-5-7-16/h11-13,15H,4-10H2,1-3H3. The zero-order valence-electron chi connectivity index (χ0n) is 12.0. The number of likely N-dealkylation sites (tertiary alicyclic amines) is 1. The second-order valence-corrected chi connectivity index (χ2v) is 6.12. The molecule has 3 atom stereocenters. The van der Waals surface area contributed by atoms with Crippen LogP contribution in [0.4, 0.5) is 0 Å². The molecule has 2 aliphatic heterocycles. The van der Waals surface area contributed by atoms with Gasteiger partial charge in [0.2, 0.25) is 5.91 Å². The van der Waals surface area contributed by atoms with Gasteiger partial charge in [0.25, 0.3) is 0 Å². The minimum Gasteiger partial charge on any atom is -0.339 e. The van der Waals surface area contributed by atoms with Crippen molar-refractivity contribution in [3.8, 4) is 0 Å². The molecule has 1 N–H and O–H groups in total. The second kappa shape index (κ2) is 6.02. The van der Waals surface area contributed by atoms with Gasteiger partial charge in [-0.1, -0.05) is 13.8 Å².